The van der Waals surface area contributed by atoms with E-state index in [2.05, 4.69) is 11.9 Å². The molecule has 0 aliphatic carbocycles. The van der Waals surface area contributed by atoms with Crippen LogP contribution in [0.2, 0.25) is 0 Å². The highest BCUT2D eigenvalue weighted by Crippen LogP contribution is 2.02. The summed E-state index contributed by atoms with van der Waals surface area (Å²) < 4.78 is 0. The number of urea groups is 1. The molecule has 0 aromatic rings. The molecule has 0 bridgehead atoms. The fourth-order valence-electron chi connectivity index (χ4n) is 1.45. The summed E-state index contributed by atoms with van der Waals surface area (Å²) in [4.78, 5) is 24.3. The number of carboxylic acids is 1. The number of carboxylic acid groups (broad SMARTS) is 1. The van der Waals surface area contributed by atoms with E-state index in [9.17, 15) is 9.59 Å². The molecule has 0 rings (SSSR count). The van der Waals surface area contributed by atoms with Crippen LogP contribution in [0.25, 0.3) is 0 Å². The molecular formula is C12H22N2O3. The Morgan fingerprint density at radius 2 is 2.06 bits per heavy atom. The van der Waals surface area contributed by atoms with E-state index in [1.54, 1.807) is 11.0 Å². The lowest BCUT2D eigenvalue weighted by atomic mass is 10.2. The molecular weight excluding hydrogens is 220 g/mol. The molecule has 0 saturated carbocycles. The Hall–Kier alpha value is -1.52. The van der Waals surface area contributed by atoms with Crippen molar-refractivity contribution in [3.8, 4) is 0 Å². The quantitative estimate of drug-likeness (QED) is 0.669. The molecule has 0 unspecified atom stereocenters. The van der Waals surface area contributed by atoms with E-state index in [1.165, 1.54) is 0 Å². The molecule has 0 heterocycles. The molecule has 0 spiro atoms. The van der Waals surface area contributed by atoms with Crippen LogP contribution >= 0.6 is 0 Å². The summed E-state index contributed by atoms with van der Waals surface area (Å²) in [5, 5.41) is 11.5. The smallest absolute Gasteiger partial charge is 0.326 e. The Morgan fingerprint density at radius 3 is 2.41 bits per heavy atom. The number of nitrogens with zero attached hydrogens (tertiary/aromatic N) is 1. The molecule has 2 N–H and O–H groups in total. The minimum atomic E-state index is -0.998. The Labute approximate surface area is 102 Å². The van der Waals surface area contributed by atoms with Crippen molar-refractivity contribution in [3.05, 3.63) is 12.7 Å². The Morgan fingerprint density at radius 1 is 1.47 bits per heavy atom. The predicted molar refractivity (Wildman–Crippen MR) is 66.9 cm³/mol. The van der Waals surface area contributed by atoms with Gasteiger partial charge in [-0.25, -0.2) is 9.59 Å². The first kappa shape index (κ1) is 15.5. The zero-order valence-corrected chi connectivity index (χ0v) is 10.8. The van der Waals surface area contributed by atoms with Crippen LogP contribution in [0.4, 0.5) is 4.79 Å². The van der Waals surface area contributed by atoms with Crippen LogP contribution in [-0.2, 0) is 4.79 Å². The van der Waals surface area contributed by atoms with Gasteiger partial charge in [0.05, 0.1) is 0 Å². The number of rotatable bonds is 7. The molecule has 0 aromatic carbocycles. The van der Waals surface area contributed by atoms with Crippen molar-refractivity contribution in [3.63, 3.8) is 0 Å². The fourth-order valence-corrected chi connectivity index (χ4v) is 1.45. The first-order chi connectivity index (χ1) is 7.93. The van der Waals surface area contributed by atoms with E-state index >= 15 is 0 Å². The number of carbonyl (C=O) groups is 2. The molecule has 2 amide bonds. The third-order valence-corrected chi connectivity index (χ3v) is 2.38. The summed E-state index contributed by atoms with van der Waals surface area (Å²) in [6.45, 7) is 9.61. The zero-order valence-electron chi connectivity index (χ0n) is 10.8. The fraction of sp³-hybridized carbons (Fsp3) is 0.667. The topological polar surface area (TPSA) is 69.6 Å². The van der Waals surface area contributed by atoms with E-state index in [1.807, 2.05) is 20.8 Å². The summed E-state index contributed by atoms with van der Waals surface area (Å²) in [6, 6.07) is -1.18. The van der Waals surface area contributed by atoms with Gasteiger partial charge in [-0.05, 0) is 20.3 Å². The van der Waals surface area contributed by atoms with Crippen molar-refractivity contribution >= 4 is 12.0 Å². The van der Waals surface area contributed by atoms with E-state index < -0.39 is 12.0 Å². The molecule has 98 valence electrons. The van der Waals surface area contributed by atoms with Crippen LogP contribution in [0.1, 0.15) is 33.6 Å². The normalized spacial score (nSPS) is 12.0. The largest absolute Gasteiger partial charge is 0.480 e. The number of aliphatic carboxylic acids is 1. The van der Waals surface area contributed by atoms with Crippen molar-refractivity contribution in [1.29, 1.82) is 0 Å². The van der Waals surface area contributed by atoms with Crippen LogP contribution < -0.4 is 5.32 Å². The standard InChI is InChI=1S/C12H22N2O3/c1-5-7-10(11(15)16)13-12(17)14(8-6-2)9(3)4/h6,9-10H,2,5,7-8H2,1,3-4H3,(H,13,17)(H,15,16)/t10-/m1/s1. The summed E-state index contributed by atoms with van der Waals surface area (Å²) in [7, 11) is 0. The van der Waals surface area contributed by atoms with Crippen LogP contribution in [0, 0.1) is 0 Å². The second-order valence-corrected chi connectivity index (χ2v) is 4.16. The van der Waals surface area contributed by atoms with Crippen molar-refractivity contribution in [2.75, 3.05) is 6.54 Å². The monoisotopic (exact) mass is 242 g/mol. The molecule has 0 fully saturated rings. The molecule has 0 aliphatic heterocycles. The molecule has 0 saturated heterocycles. The maximum atomic E-state index is 11.9. The van der Waals surface area contributed by atoms with Gasteiger partial charge < -0.3 is 15.3 Å². The Bertz CT molecular complexity index is 277. The summed E-state index contributed by atoms with van der Waals surface area (Å²) in [5.41, 5.74) is 0. The van der Waals surface area contributed by atoms with Gasteiger partial charge in [-0.2, -0.15) is 0 Å². The van der Waals surface area contributed by atoms with Gasteiger partial charge >= 0.3 is 12.0 Å². The highest BCUT2D eigenvalue weighted by molar-refractivity contribution is 5.82. The number of carbonyl (C=O) groups excluding carboxylic acids is 1. The van der Waals surface area contributed by atoms with Crippen molar-refractivity contribution in [1.82, 2.24) is 10.2 Å². The van der Waals surface area contributed by atoms with E-state index in [0.717, 1.165) is 0 Å². The van der Waals surface area contributed by atoms with Gasteiger partial charge in [0.1, 0.15) is 6.04 Å². The van der Waals surface area contributed by atoms with Crippen molar-refractivity contribution in [2.24, 2.45) is 0 Å². The molecule has 0 radical (unpaired) electrons. The summed E-state index contributed by atoms with van der Waals surface area (Å²) >= 11 is 0. The average Bonchev–Trinajstić information content (AvgIpc) is 2.24. The lowest BCUT2D eigenvalue weighted by Gasteiger charge is -2.27. The van der Waals surface area contributed by atoms with Gasteiger partial charge in [0.2, 0.25) is 0 Å². The van der Waals surface area contributed by atoms with Crippen LogP contribution in [0.3, 0.4) is 0 Å². The third kappa shape index (κ3) is 5.38. The van der Waals surface area contributed by atoms with Gasteiger partial charge in [-0.1, -0.05) is 19.4 Å². The molecule has 0 aliphatic rings. The highest BCUT2D eigenvalue weighted by atomic mass is 16.4. The minimum absolute atomic E-state index is 0.00377. The zero-order chi connectivity index (χ0) is 13.4. The Balaban J connectivity index is 4.55. The Kier molecular flexibility index (Phi) is 7.02. The van der Waals surface area contributed by atoms with E-state index in [4.69, 9.17) is 5.11 Å². The first-order valence-electron chi connectivity index (χ1n) is 5.84. The third-order valence-electron chi connectivity index (χ3n) is 2.38. The van der Waals surface area contributed by atoms with Crippen LogP contribution in [0.15, 0.2) is 12.7 Å². The maximum absolute atomic E-state index is 11.9. The molecule has 5 nitrogen and oxygen atoms in total. The SMILES string of the molecule is C=CCN(C(=O)N[C@H](CCC)C(=O)O)C(C)C. The molecule has 0 aromatic heterocycles. The lowest BCUT2D eigenvalue weighted by molar-refractivity contribution is -0.139. The van der Waals surface area contributed by atoms with Crippen LogP contribution in [0.5, 0.6) is 0 Å². The number of hydrogen-bond acceptors (Lipinski definition) is 2. The van der Waals surface area contributed by atoms with Gasteiger partial charge in [0, 0.05) is 12.6 Å². The number of nitrogens with one attached hydrogen (secondary N) is 1. The van der Waals surface area contributed by atoms with Crippen molar-refractivity contribution < 1.29 is 14.7 Å². The van der Waals surface area contributed by atoms with E-state index in [-0.39, 0.29) is 12.1 Å². The summed E-state index contributed by atoms with van der Waals surface area (Å²) in [5.74, 6) is -0.998. The average molecular weight is 242 g/mol. The van der Waals surface area contributed by atoms with E-state index in [0.29, 0.717) is 19.4 Å². The van der Waals surface area contributed by atoms with Crippen molar-refractivity contribution in [2.45, 2.75) is 45.7 Å². The summed E-state index contributed by atoms with van der Waals surface area (Å²) in [6.07, 6.45) is 2.76. The lowest BCUT2D eigenvalue weighted by Crippen LogP contribution is -2.50. The van der Waals surface area contributed by atoms with Gasteiger partial charge in [-0.3, -0.25) is 0 Å². The highest BCUT2D eigenvalue weighted by Gasteiger charge is 2.23. The molecule has 1 atom stereocenters. The number of hydrogen-bond donors (Lipinski definition) is 2. The second kappa shape index (κ2) is 7.70. The van der Waals surface area contributed by atoms with Gasteiger partial charge in [0.15, 0.2) is 0 Å². The molecule has 17 heavy (non-hydrogen) atoms. The maximum Gasteiger partial charge on any atom is 0.326 e. The minimum Gasteiger partial charge on any atom is -0.480 e. The molecule has 5 heteroatoms. The predicted octanol–water partition coefficient (Wildman–Crippen LogP) is 1.85. The van der Waals surface area contributed by atoms with Crippen LogP contribution in [-0.4, -0.2) is 40.6 Å². The number of amides is 2. The van der Waals surface area contributed by atoms with Gasteiger partial charge in [0.25, 0.3) is 0 Å². The first-order valence-corrected chi connectivity index (χ1v) is 5.84. The second-order valence-electron chi connectivity index (χ2n) is 4.16. The van der Waals surface area contributed by atoms with Gasteiger partial charge in [-0.15, -0.1) is 6.58 Å².